The van der Waals surface area contributed by atoms with Crippen molar-refractivity contribution >= 4 is 0 Å². The smallest absolute Gasteiger partial charge is 0.0472 e. The maximum absolute atomic E-state index is 5.63. The van der Waals surface area contributed by atoms with Gasteiger partial charge in [0.1, 0.15) is 0 Å². The lowest BCUT2D eigenvalue weighted by atomic mass is 9.79. The number of ether oxygens (including phenoxy) is 1. The average molecular weight is 282 g/mol. The molecule has 2 saturated heterocycles. The lowest BCUT2D eigenvalue weighted by Gasteiger charge is -2.43. The maximum atomic E-state index is 5.63. The zero-order valence-corrected chi connectivity index (χ0v) is 13.8. The van der Waals surface area contributed by atoms with Crippen LogP contribution in [0.2, 0.25) is 0 Å². The molecule has 2 atom stereocenters. The third-order valence-corrected chi connectivity index (χ3v) is 5.42. The molecule has 0 aromatic heterocycles. The fourth-order valence-electron chi connectivity index (χ4n) is 3.96. The van der Waals surface area contributed by atoms with E-state index in [2.05, 4.69) is 31.0 Å². The zero-order chi connectivity index (χ0) is 14.4. The molecule has 2 rings (SSSR count). The van der Waals surface area contributed by atoms with Gasteiger partial charge in [0.05, 0.1) is 0 Å². The van der Waals surface area contributed by atoms with Crippen LogP contribution in [0.15, 0.2) is 0 Å². The Morgan fingerprint density at radius 1 is 1.20 bits per heavy atom. The zero-order valence-electron chi connectivity index (χ0n) is 13.8. The number of nitrogens with one attached hydrogen (secondary N) is 1. The predicted molar refractivity (Wildman–Crippen MR) is 85.1 cm³/mol. The molecular weight excluding hydrogens is 248 g/mol. The van der Waals surface area contributed by atoms with E-state index in [-0.39, 0.29) is 0 Å². The van der Waals surface area contributed by atoms with Gasteiger partial charge in [-0.25, -0.2) is 0 Å². The van der Waals surface area contributed by atoms with E-state index in [0.717, 1.165) is 31.8 Å². The first-order chi connectivity index (χ1) is 9.71. The Labute approximate surface area is 125 Å². The first-order valence-electron chi connectivity index (χ1n) is 8.75. The number of likely N-dealkylation sites (tertiary alicyclic amines) is 1. The van der Waals surface area contributed by atoms with Gasteiger partial charge in [0, 0.05) is 38.4 Å². The average Bonchev–Trinajstić information content (AvgIpc) is 2.81. The van der Waals surface area contributed by atoms with E-state index in [1.54, 1.807) is 0 Å². The fraction of sp³-hybridized carbons (Fsp3) is 1.00. The highest BCUT2D eigenvalue weighted by Gasteiger charge is 2.39. The Morgan fingerprint density at radius 2 is 1.95 bits per heavy atom. The normalized spacial score (nSPS) is 30.8. The van der Waals surface area contributed by atoms with Gasteiger partial charge in [-0.1, -0.05) is 13.8 Å². The quantitative estimate of drug-likeness (QED) is 0.726. The van der Waals surface area contributed by atoms with Gasteiger partial charge in [-0.05, 0) is 57.4 Å². The Bertz CT molecular complexity index is 276. The number of hydrogen-bond donors (Lipinski definition) is 1. The first-order valence-corrected chi connectivity index (χ1v) is 8.75. The lowest BCUT2D eigenvalue weighted by molar-refractivity contribution is -0.0124. The van der Waals surface area contributed by atoms with E-state index in [0.29, 0.717) is 5.41 Å². The van der Waals surface area contributed by atoms with Crippen LogP contribution in [0.1, 0.15) is 59.3 Å². The van der Waals surface area contributed by atoms with Crippen LogP contribution in [0.25, 0.3) is 0 Å². The molecule has 0 radical (unpaired) electrons. The van der Waals surface area contributed by atoms with Crippen LogP contribution in [0.5, 0.6) is 0 Å². The molecule has 0 aromatic carbocycles. The molecule has 0 spiro atoms. The SMILES string of the molecule is CCCNCC1(CN2C(C)CCC2CC)CCOCC1. The second kappa shape index (κ2) is 7.77. The molecule has 2 aliphatic heterocycles. The second-order valence-corrected chi connectivity index (χ2v) is 6.95. The first kappa shape index (κ1) is 16.3. The topological polar surface area (TPSA) is 24.5 Å². The van der Waals surface area contributed by atoms with Crippen LogP contribution in [0, 0.1) is 5.41 Å². The summed E-state index contributed by atoms with van der Waals surface area (Å²) < 4.78 is 5.63. The molecule has 118 valence electrons. The third-order valence-electron chi connectivity index (χ3n) is 5.42. The summed E-state index contributed by atoms with van der Waals surface area (Å²) in [5.74, 6) is 0. The fourth-order valence-corrected chi connectivity index (χ4v) is 3.96. The standard InChI is InChI=1S/C17H34N2O/c1-4-10-18-13-17(8-11-20-12-9-17)14-19-15(3)6-7-16(19)5-2/h15-16,18H,4-14H2,1-3H3. The summed E-state index contributed by atoms with van der Waals surface area (Å²) in [4.78, 5) is 2.80. The van der Waals surface area contributed by atoms with Gasteiger partial charge in [-0.15, -0.1) is 0 Å². The van der Waals surface area contributed by atoms with Gasteiger partial charge in [0.15, 0.2) is 0 Å². The summed E-state index contributed by atoms with van der Waals surface area (Å²) in [5, 5.41) is 3.69. The van der Waals surface area contributed by atoms with Crippen LogP contribution in [0.4, 0.5) is 0 Å². The third kappa shape index (κ3) is 3.96. The molecule has 2 heterocycles. The molecule has 0 bridgehead atoms. The van der Waals surface area contributed by atoms with Crippen molar-refractivity contribution in [3.05, 3.63) is 0 Å². The van der Waals surface area contributed by atoms with Gasteiger partial charge in [0.25, 0.3) is 0 Å². The van der Waals surface area contributed by atoms with E-state index in [4.69, 9.17) is 4.74 Å². The number of nitrogens with zero attached hydrogens (tertiary/aromatic N) is 1. The second-order valence-electron chi connectivity index (χ2n) is 6.95. The Morgan fingerprint density at radius 3 is 2.60 bits per heavy atom. The van der Waals surface area contributed by atoms with Crippen molar-refractivity contribution in [2.75, 3.05) is 32.8 Å². The minimum Gasteiger partial charge on any atom is -0.381 e. The molecule has 0 amide bonds. The summed E-state index contributed by atoms with van der Waals surface area (Å²) in [5.41, 5.74) is 0.444. The molecule has 1 N–H and O–H groups in total. The summed E-state index contributed by atoms with van der Waals surface area (Å²) in [7, 11) is 0. The van der Waals surface area contributed by atoms with Crippen molar-refractivity contribution in [1.82, 2.24) is 10.2 Å². The Kier molecular flexibility index (Phi) is 6.31. The van der Waals surface area contributed by atoms with Crippen LogP contribution < -0.4 is 5.32 Å². The van der Waals surface area contributed by atoms with Gasteiger partial charge in [0.2, 0.25) is 0 Å². The molecule has 20 heavy (non-hydrogen) atoms. The number of rotatable bonds is 7. The van der Waals surface area contributed by atoms with Gasteiger partial charge >= 0.3 is 0 Å². The minimum absolute atomic E-state index is 0.444. The Hall–Kier alpha value is -0.120. The van der Waals surface area contributed by atoms with Gasteiger partial charge < -0.3 is 10.1 Å². The summed E-state index contributed by atoms with van der Waals surface area (Å²) >= 11 is 0. The highest BCUT2D eigenvalue weighted by Crippen LogP contribution is 2.36. The summed E-state index contributed by atoms with van der Waals surface area (Å²) in [6.07, 6.45) is 7.76. The molecule has 2 unspecified atom stereocenters. The van der Waals surface area contributed by atoms with Crippen LogP contribution >= 0.6 is 0 Å². The Balaban J connectivity index is 1.98. The largest absolute Gasteiger partial charge is 0.381 e. The predicted octanol–water partition coefficient (Wildman–Crippen LogP) is 3.05. The molecule has 0 aromatic rings. The minimum atomic E-state index is 0.444. The van der Waals surface area contributed by atoms with Crippen LogP contribution in [-0.4, -0.2) is 49.8 Å². The van der Waals surface area contributed by atoms with E-state index in [1.807, 2.05) is 0 Å². The van der Waals surface area contributed by atoms with E-state index in [1.165, 1.54) is 51.6 Å². The molecule has 0 saturated carbocycles. The maximum Gasteiger partial charge on any atom is 0.0472 e. The summed E-state index contributed by atoms with van der Waals surface area (Å²) in [6.45, 7) is 12.5. The molecule has 3 nitrogen and oxygen atoms in total. The molecular formula is C17H34N2O. The monoisotopic (exact) mass is 282 g/mol. The molecule has 2 aliphatic rings. The highest BCUT2D eigenvalue weighted by molar-refractivity contribution is 4.93. The van der Waals surface area contributed by atoms with Crippen molar-refractivity contribution in [2.24, 2.45) is 5.41 Å². The summed E-state index contributed by atoms with van der Waals surface area (Å²) in [6, 6.07) is 1.58. The number of hydrogen-bond acceptors (Lipinski definition) is 3. The van der Waals surface area contributed by atoms with Crippen molar-refractivity contribution in [2.45, 2.75) is 71.4 Å². The van der Waals surface area contributed by atoms with Gasteiger partial charge in [-0.3, -0.25) is 4.90 Å². The van der Waals surface area contributed by atoms with Crippen molar-refractivity contribution in [3.63, 3.8) is 0 Å². The molecule has 3 heteroatoms. The van der Waals surface area contributed by atoms with E-state index in [9.17, 15) is 0 Å². The van der Waals surface area contributed by atoms with Crippen LogP contribution in [0.3, 0.4) is 0 Å². The van der Waals surface area contributed by atoms with Crippen molar-refractivity contribution in [3.8, 4) is 0 Å². The van der Waals surface area contributed by atoms with Crippen molar-refractivity contribution < 1.29 is 4.74 Å². The van der Waals surface area contributed by atoms with E-state index < -0.39 is 0 Å². The molecule has 2 fully saturated rings. The molecule has 0 aliphatic carbocycles. The van der Waals surface area contributed by atoms with E-state index >= 15 is 0 Å². The van der Waals surface area contributed by atoms with Crippen LogP contribution in [-0.2, 0) is 4.74 Å². The highest BCUT2D eigenvalue weighted by atomic mass is 16.5. The van der Waals surface area contributed by atoms with Crippen molar-refractivity contribution in [1.29, 1.82) is 0 Å². The lowest BCUT2D eigenvalue weighted by Crippen LogP contribution is -2.50. The van der Waals surface area contributed by atoms with Gasteiger partial charge in [-0.2, -0.15) is 0 Å².